The Labute approximate surface area is 199 Å². The number of rotatable bonds is 7. The second-order valence-corrected chi connectivity index (χ2v) is 8.23. The summed E-state index contributed by atoms with van der Waals surface area (Å²) in [5, 5.41) is 4.63. The highest BCUT2D eigenvalue weighted by molar-refractivity contribution is 14.0. The third-order valence-corrected chi connectivity index (χ3v) is 6.28. The molecule has 2 heterocycles. The maximum absolute atomic E-state index is 13.9. The van der Waals surface area contributed by atoms with Gasteiger partial charge in [-0.05, 0) is 24.1 Å². The average Bonchev–Trinajstić information content (AvgIpc) is 3.20. The van der Waals surface area contributed by atoms with Crippen LogP contribution in [0.5, 0.6) is 5.75 Å². The number of nitrogens with zero attached hydrogens (tertiary/aromatic N) is 4. The number of aliphatic imine (C=N–C) groups is 1. The van der Waals surface area contributed by atoms with E-state index in [4.69, 9.17) is 4.74 Å². The molecule has 0 atom stereocenters. The van der Waals surface area contributed by atoms with E-state index in [9.17, 15) is 4.39 Å². The molecule has 1 fully saturated rings. The van der Waals surface area contributed by atoms with Crippen LogP contribution in [0, 0.1) is 5.82 Å². The topological polar surface area (TPSA) is 53.0 Å². The molecule has 6 nitrogen and oxygen atoms in total. The first-order valence-corrected chi connectivity index (χ1v) is 10.9. The van der Waals surface area contributed by atoms with Crippen molar-refractivity contribution in [1.82, 2.24) is 20.1 Å². The zero-order valence-electron chi connectivity index (χ0n) is 17.9. The summed E-state index contributed by atoms with van der Waals surface area (Å²) in [4.78, 5) is 14.9. The van der Waals surface area contributed by atoms with E-state index in [1.807, 2.05) is 19.3 Å². The number of halogens is 2. The van der Waals surface area contributed by atoms with Crippen molar-refractivity contribution in [3.8, 4) is 5.75 Å². The molecule has 0 spiro atoms. The van der Waals surface area contributed by atoms with Crippen LogP contribution in [-0.4, -0.2) is 67.6 Å². The van der Waals surface area contributed by atoms with Crippen LogP contribution in [0.3, 0.4) is 0 Å². The van der Waals surface area contributed by atoms with Crippen LogP contribution in [0.25, 0.3) is 0 Å². The molecule has 1 aliphatic rings. The largest absolute Gasteiger partial charge is 0.494 e. The van der Waals surface area contributed by atoms with Gasteiger partial charge in [-0.25, -0.2) is 9.37 Å². The molecule has 0 bridgehead atoms. The number of hydrogen-bond donors (Lipinski definition) is 1. The van der Waals surface area contributed by atoms with Crippen LogP contribution in [0.15, 0.2) is 29.4 Å². The highest BCUT2D eigenvalue weighted by atomic mass is 127. The number of aryl methyl sites for hydroxylation is 1. The molecule has 166 valence electrons. The summed E-state index contributed by atoms with van der Waals surface area (Å²) in [6.45, 7) is 7.36. The molecule has 1 aliphatic heterocycles. The molecular weight excluding hydrogens is 516 g/mol. The molecule has 0 saturated carbocycles. The number of benzene rings is 1. The SMILES string of the molecule is CCc1cnc(CCNC(=NC)N2CCN(Cc3ccc(OC)c(F)c3)CC2)s1.I. The van der Waals surface area contributed by atoms with E-state index >= 15 is 0 Å². The van der Waals surface area contributed by atoms with E-state index in [2.05, 4.69) is 32.0 Å². The fourth-order valence-corrected chi connectivity index (χ4v) is 4.29. The lowest BCUT2D eigenvalue weighted by Crippen LogP contribution is -2.52. The molecule has 0 unspecified atom stereocenters. The Morgan fingerprint density at radius 1 is 1.30 bits per heavy atom. The summed E-state index contributed by atoms with van der Waals surface area (Å²) in [5.41, 5.74) is 0.967. The van der Waals surface area contributed by atoms with Crippen molar-refractivity contribution >= 4 is 41.3 Å². The van der Waals surface area contributed by atoms with Gasteiger partial charge in [0.1, 0.15) is 0 Å². The summed E-state index contributed by atoms with van der Waals surface area (Å²) < 4.78 is 18.9. The van der Waals surface area contributed by atoms with Crippen molar-refractivity contribution in [1.29, 1.82) is 0 Å². The molecule has 2 aromatic rings. The van der Waals surface area contributed by atoms with Crippen molar-refractivity contribution in [2.75, 3.05) is 46.9 Å². The monoisotopic (exact) mass is 547 g/mol. The van der Waals surface area contributed by atoms with Crippen LogP contribution in [0.1, 0.15) is 22.4 Å². The Kier molecular flexibility index (Phi) is 10.3. The van der Waals surface area contributed by atoms with Gasteiger partial charge in [-0.15, -0.1) is 35.3 Å². The number of piperazine rings is 1. The molecule has 30 heavy (non-hydrogen) atoms. The number of thiazole rings is 1. The van der Waals surface area contributed by atoms with Crippen LogP contribution >= 0.6 is 35.3 Å². The van der Waals surface area contributed by atoms with Crippen molar-refractivity contribution in [3.05, 3.63) is 45.7 Å². The molecule has 1 N–H and O–H groups in total. The first-order valence-electron chi connectivity index (χ1n) is 10.1. The van der Waals surface area contributed by atoms with Gasteiger partial charge < -0.3 is 15.0 Å². The summed E-state index contributed by atoms with van der Waals surface area (Å²) in [6, 6.07) is 5.18. The van der Waals surface area contributed by atoms with Crippen molar-refractivity contribution < 1.29 is 9.13 Å². The van der Waals surface area contributed by atoms with Crippen molar-refractivity contribution in [2.45, 2.75) is 26.3 Å². The minimum atomic E-state index is -0.306. The molecule has 1 saturated heterocycles. The van der Waals surface area contributed by atoms with Crippen LogP contribution in [-0.2, 0) is 19.4 Å². The van der Waals surface area contributed by atoms with Crippen molar-refractivity contribution in [3.63, 3.8) is 0 Å². The summed E-state index contributed by atoms with van der Waals surface area (Å²) in [5.74, 6) is 0.920. The third-order valence-electron chi connectivity index (χ3n) is 5.08. The fourth-order valence-electron chi connectivity index (χ4n) is 3.42. The Hall–Kier alpha value is -1.46. The Bertz CT molecular complexity index is 823. The van der Waals surface area contributed by atoms with Crippen LogP contribution in [0.4, 0.5) is 4.39 Å². The Morgan fingerprint density at radius 3 is 2.67 bits per heavy atom. The number of hydrogen-bond acceptors (Lipinski definition) is 5. The molecule has 0 amide bonds. The maximum atomic E-state index is 13.9. The number of ether oxygens (including phenoxy) is 1. The second-order valence-electron chi connectivity index (χ2n) is 7.03. The number of guanidine groups is 1. The van der Waals surface area contributed by atoms with Gasteiger partial charge in [0.15, 0.2) is 17.5 Å². The number of nitrogens with one attached hydrogen (secondary N) is 1. The highest BCUT2D eigenvalue weighted by Crippen LogP contribution is 2.19. The van der Waals surface area contributed by atoms with E-state index in [0.29, 0.717) is 0 Å². The standard InChI is InChI=1S/C21H30FN5OS.HI/c1-4-17-14-25-20(29-17)7-8-24-21(23-2)27-11-9-26(10-12-27)15-16-5-6-19(28-3)18(22)13-16;/h5-6,13-14H,4,7-12,15H2,1-3H3,(H,23,24);1H. The zero-order chi connectivity index (χ0) is 20.6. The second kappa shape index (κ2) is 12.4. The predicted molar refractivity (Wildman–Crippen MR) is 132 cm³/mol. The lowest BCUT2D eigenvalue weighted by molar-refractivity contribution is 0.172. The minimum Gasteiger partial charge on any atom is -0.494 e. The smallest absolute Gasteiger partial charge is 0.193 e. The lowest BCUT2D eigenvalue weighted by Gasteiger charge is -2.36. The summed E-state index contributed by atoms with van der Waals surface area (Å²) in [6.07, 6.45) is 3.93. The molecule has 1 aromatic carbocycles. The van der Waals surface area contributed by atoms with E-state index in [0.717, 1.165) is 63.6 Å². The van der Waals surface area contributed by atoms with Gasteiger partial charge in [-0.1, -0.05) is 13.0 Å². The van der Waals surface area contributed by atoms with Crippen LogP contribution in [0.2, 0.25) is 0 Å². The van der Waals surface area contributed by atoms with E-state index < -0.39 is 0 Å². The highest BCUT2D eigenvalue weighted by Gasteiger charge is 2.20. The Balaban J connectivity index is 0.00000320. The quantitative estimate of drug-likeness (QED) is 0.327. The van der Waals surface area contributed by atoms with Crippen LogP contribution < -0.4 is 10.1 Å². The minimum absolute atomic E-state index is 0. The molecular formula is C21H31FIN5OS. The number of aromatic nitrogens is 1. The summed E-state index contributed by atoms with van der Waals surface area (Å²) in [7, 11) is 3.31. The maximum Gasteiger partial charge on any atom is 0.193 e. The molecule has 1 aromatic heterocycles. The van der Waals surface area contributed by atoms with E-state index in [-0.39, 0.29) is 35.5 Å². The van der Waals surface area contributed by atoms with E-state index in [1.165, 1.54) is 17.0 Å². The molecule has 0 radical (unpaired) electrons. The van der Waals surface area contributed by atoms with Gasteiger partial charge in [0, 0.05) is 63.8 Å². The average molecular weight is 547 g/mol. The first-order chi connectivity index (χ1) is 14.1. The summed E-state index contributed by atoms with van der Waals surface area (Å²) >= 11 is 1.79. The number of methoxy groups -OCH3 is 1. The third kappa shape index (κ3) is 6.78. The van der Waals surface area contributed by atoms with Gasteiger partial charge in [0.05, 0.1) is 12.1 Å². The fraction of sp³-hybridized carbons (Fsp3) is 0.524. The van der Waals surface area contributed by atoms with Crippen molar-refractivity contribution in [2.24, 2.45) is 4.99 Å². The normalized spacial score (nSPS) is 15.1. The molecule has 0 aliphatic carbocycles. The molecule has 9 heteroatoms. The Morgan fingerprint density at radius 2 is 2.07 bits per heavy atom. The van der Waals surface area contributed by atoms with E-state index in [1.54, 1.807) is 23.5 Å². The van der Waals surface area contributed by atoms with Gasteiger partial charge in [-0.3, -0.25) is 9.89 Å². The lowest BCUT2D eigenvalue weighted by atomic mass is 10.2. The van der Waals surface area contributed by atoms with Gasteiger partial charge in [-0.2, -0.15) is 0 Å². The zero-order valence-corrected chi connectivity index (χ0v) is 21.0. The predicted octanol–water partition coefficient (Wildman–Crippen LogP) is 3.41. The first kappa shape index (κ1) is 24.8. The van der Waals surface area contributed by atoms with Gasteiger partial charge in [0.25, 0.3) is 0 Å². The molecule has 3 rings (SSSR count). The van der Waals surface area contributed by atoms with Gasteiger partial charge in [0.2, 0.25) is 0 Å². The van der Waals surface area contributed by atoms with Gasteiger partial charge >= 0.3 is 0 Å².